The maximum atomic E-state index is 12.2. The zero-order valence-electron chi connectivity index (χ0n) is 15.5. The van der Waals surface area contributed by atoms with E-state index in [1.165, 1.54) is 4.90 Å². The van der Waals surface area contributed by atoms with Crippen molar-refractivity contribution >= 4 is 11.9 Å². The summed E-state index contributed by atoms with van der Waals surface area (Å²) in [5.74, 6) is -0.201. The molecule has 2 rings (SSSR count). The van der Waals surface area contributed by atoms with E-state index in [4.69, 9.17) is 14.4 Å². The molecule has 1 N–H and O–H groups in total. The van der Waals surface area contributed by atoms with Crippen LogP contribution in [-0.2, 0) is 22.6 Å². The highest BCUT2D eigenvalue weighted by Gasteiger charge is 2.17. The lowest BCUT2D eigenvalue weighted by molar-refractivity contribution is -0.142. The first-order valence-electron chi connectivity index (χ1n) is 8.38. The third-order valence-electron chi connectivity index (χ3n) is 4.24. The number of carboxylic acids is 1. The van der Waals surface area contributed by atoms with E-state index in [0.717, 1.165) is 22.6 Å². The van der Waals surface area contributed by atoms with Gasteiger partial charge in [0.05, 0.1) is 23.6 Å². The van der Waals surface area contributed by atoms with Crippen LogP contribution in [0, 0.1) is 19.8 Å². The molecular formula is C19H24N2O5. The maximum Gasteiger partial charge on any atom is 0.308 e. The van der Waals surface area contributed by atoms with Crippen LogP contribution in [-0.4, -0.2) is 40.6 Å². The van der Waals surface area contributed by atoms with Gasteiger partial charge in [0.15, 0.2) is 0 Å². The largest absolute Gasteiger partial charge is 0.489 e. The van der Waals surface area contributed by atoms with E-state index >= 15 is 0 Å². The molecule has 1 heterocycles. The summed E-state index contributed by atoms with van der Waals surface area (Å²) >= 11 is 0. The highest BCUT2D eigenvalue weighted by Crippen LogP contribution is 2.18. The molecule has 2 aromatic rings. The lowest BCUT2D eigenvalue weighted by atomic mass is 10.1. The molecule has 0 bridgehead atoms. The van der Waals surface area contributed by atoms with Crippen LogP contribution in [0.1, 0.15) is 29.5 Å². The normalized spacial score (nSPS) is 11.8. The number of aliphatic carboxylic acids is 1. The second-order valence-electron chi connectivity index (χ2n) is 6.43. The van der Waals surface area contributed by atoms with E-state index in [-0.39, 0.29) is 18.9 Å². The minimum atomic E-state index is -0.913. The highest BCUT2D eigenvalue weighted by molar-refractivity contribution is 5.79. The summed E-state index contributed by atoms with van der Waals surface area (Å²) in [6, 6.07) is 7.27. The molecule has 26 heavy (non-hydrogen) atoms. The van der Waals surface area contributed by atoms with Crippen LogP contribution in [0.2, 0.25) is 0 Å². The number of carbonyl (C=O) groups is 2. The summed E-state index contributed by atoms with van der Waals surface area (Å²) in [4.78, 5) is 24.5. The molecule has 7 heteroatoms. The Labute approximate surface area is 152 Å². The third kappa shape index (κ3) is 5.08. The molecule has 0 spiro atoms. The number of aromatic nitrogens is 1. The Bertz CT molecular complexity index is 747. The Morgan fingerprint density at radius 3 is 2.46 bits per heavy atom. The predicted molar refractivity (Wildman–Crippen MR) is 94.9 cm³/mol. The monoisotopic (exact) mass is 360 g/mol. The van der Waals surface area contributed by atoms with Crippen molar-refractivity contribution in [1.82, 2.24) is 10.1 Å². The van der Waals surface area contributed by atoms with Gasteiger partial charge in [-0.25, -0.2) is 0 Å². The average molecular weight is 360 g/mol. The molecule has 140 valence electrons. The van der Waals surface area contributed by atoms with Crippen LogP contribution in [0.4, 0.5) is 0 Å². The maximum absolute atomic E-state index is 12.2. The highest BCUT2D eigenvalue weighted by atomic mass is 16.5. The summed E-state index contributed by atoms with van der Waals surface area (Å²) in [6.07, 6.45) is 0.215. The number of hydrogen-bond acceptors (Lipinski definition) is 5. The Kier molecular flexibility index (Phi) is 6.38. The first kappa shape index (κ1) is 19.5. The molecule has 1 aromatic carbocycles. The number of carbonyl (C=O) groups excluding carboxylic acids is 1. The van der Waals surface area contributed by atoms with Gasteiger partial charge in [-0.3, -0.25) is 9.59 Å². The van der Waals surface area contributed by atoms with Crippen molar-refractivity contribution in [3.63, 3.8) is 0 Å². The van der Waals surface area contributed by atoms with Gasteiger partial charge < -0.3 is 19.3 Å². The van der Waals surface area contributed by atoms with Gasteiger partial charge in [-0.2, -0.15) is 0 Å². The predicted octanol–water partition coefficient (Wildman–Crippen LogP) is 2.59. The van der Waals surface area contributed by atoms with Crippen LogP contribution in [0.15, 0.2) is 28.8 Å². The first-order valence-corrected chi connectivity index (χ1v) is 8.38. The number of amides is 1. The molecule has 0 aliphatic heterocycles. The van der Waals surface area contributed by atoms with Gasteiger partial charge in [0, 0.05) is 13.6 Å². The molecule has 0 saturated heterocycles. The molecule has 1 unspecified atom stereocenters. The van der Waals surface area contributed by atoms with Crippen LogP contribution < -0.4 is 4.74 Å². The van der Waals surface area contributed by atoms with Crippen molar-refractivity contribution in [2.75, 3.05) is 13.6 Å². The van der Waals surface area contributed by atoms with Gasteiger partial charge in [0.1, 0.15) is 18.1 Å². The number of ether oxygens (including phenoxy) is 1. The molecule has 1 atom stereocenters. The smallest absolute Gasteiger partial charge is 0.308 e. The zero-order valence-corrected chi connectivity index (χ0v) is 15.5. The number of benzene rings is 1. The van der Waals surface area contributed by atoms with Crippen LogP contribution in [0.25, 0.3) is 0 Å². The Hall–Kier alpha value is -2.83. The van der Waals surface area contributed by atoms with E-state index in [1.54, 1.807) is 26.1 Å². The SMILES string of the molecule is Cc1noc(C)c1COc1ccc(CC(=O)N(C)CC(C)C(=O)O)cc1. The number of likely N-dealkylation sites (N-methyl/N-ethyl adjacent to an activating group) is 1. The molecule has 7 nitrogen and oxygen atoms in total. The number of nitrogens with zero attached hydrogens (tertiary/aromatic N) is 2. The molecule has 0 fully saturated rings. The van der Waals surface area contributed by atoms with Crippen molar-refractivity contribution in [2.24, 2.45) is 5.92 Å². The standard InChI is InChI=1S/C19H24N2O5/c1-12(19(23)24)10-21(4)18(22)9-15-5-7-16(8-6-15)25-11-17-13(2)20-26-14(17)3/h5-8,12H,9-11H2,1-4H3,(H,23,24). The quantitative estimate of drug-likeness (QED) is 0.778. The fourth-order valence-corrected chi connectivity index (χ4v) is 2.47. The van der Waals surface area contributed by atoms with E-state index in [2.05, 4.69) is 5.16 Å². The van der Waals surface area contributed by atoms with Gasteiger partial charge in [0.2, 0.25) is 5.91 Å². The van der Waals surface area contributed by atoms with E-state index in [1.807, 2.05) is 26.0 Å². The van der Waals surface area contributed by atoms with Gasteiger partial charge in [-0.1, -0.05) is 24.2 Å². The van der Waals surface area contributed by atoms with Crippen LogP contribution in [0.3, 0.4) is 0 Å². The van der Waals surface area contributed by atoms with Gasteiger partial charge in [-0.05, 0) is 31.5 Å². The van der Waals surface area contributed by atoms with E-state index < -0.39 is 11.9 Å². The molecule has 1 amide bonds. The van der Waals surface area contributed by atoms with Crippen molar-refractivity contribution in [3.05, 3.63) is 46.8 Å². The second kappa shape index (κ2) is 8.51. The van der Waals surface area contributed by atoms with Crippen molar-refractivity contribution in [2.45, 2.75) is 33.8 Å². The van der Waals surface area contributed by atoms with Gasteiger partial charge in [-0.15, -0.1) is 0 Å². The molecule has 0 radical (unpaired) electrons. The average Bonchev–Trinajstić information content (AvgIpc) is 2.92. The summed E-state index contributed by atoms with van der Waals surface area (Å²) in [5, 5.41) is 12.8. The zero-order chi connectivity index (χ0) is 19.3. The molecule has 0 saturated carbocycles. The summed E-state index contributed by atoms with van der Waals surface area (Å²) < 4.78 is 10.8. The van der Waals surface area contributed by atoms with E-state index in [9.17, 15) is 9.59 Å². The first-order chi connectivity index (χ1) is 12.3. The molecule has 0 aliphatic rings. The summed E-state index contributed by atoms with van der Waals surface area (Å²) in [6.45, 7) is 5.85. The van der Waals surface area contributed by atoms with Crippen LogP contribution in [0.5, 0.6) is 5.75 Å². The minimum absolute atomic E-state index is 0.123. The lowest BCUT2D eigenvalue weighted by Crippen LogP contribution is -2.34. The van der Waals surface area contributed by atoms with Crippen molar-refractivity contribution < 1.29 is 24.0 Å². The second-order valence-corrected chi connectivity index (χ2v) is 6.43. The number of aryl methyl sites for hydroxylation is 2. The van der Waals surface area contributed by atoms with Gasteiger partial charge in [0.25, 0.3) is 0 Å². The molecule has 1 aromatic heterocycles. The fraction of sp³-hybridized carbons (Fsp3) is 0.421. The van der Waals surface area contributed by atoms with Crippen molar-refractivity contribution in [1.29, 1.82) is 0 Å². The fourth-order valence-electron chi connectivity index (χ4n) is 2.47. The third-order valence-corrected chi connectivity index (χ3v) is 4.24. The lowest BCUT2D eigenvalue weighted by Gasteiger charge is -2.19. The van der Waals surface area contributed by atoms with Crippen molar-refractivity contribution in [3.8, 4) is 5.75 Å². The number of hydrogen-bond donors (Lipinski definition) is 1. The summed E-state index contributed by atoms with van der Waals surface area (Å²) in [5.41, 5.74) is 2.58. The summed E-state index contributed by atoms with van der Waals surface area (Å²) in [7, 11) is 1.61. The topological polar surface area (TPSA) is 92.9 Å². The van der Waals surface area contributed by atoms with Crippen LogP contribution >= 0.6 is 0 Å². The molecular weight excluding hydrogens is 336 g/mol. The van der Waals surface area contributed by atoms with E-state index in [0.29, 0.717) is 12.4 Å². The van der Waals surface area contributed by atoms with Gasteiger partial charge >= 0.3 is 5.97 Å². The number of rotatable bonds is 8. The Morgan fingerprint density at radius 2 is 1.92 bits per heavy atom. The Balaban J connectivity index is 1.88. The molecule has 0 aliphatic carbocycles. The minimum Gasteiger partial charge on any atom is -0.489 e. The number of carboxylic acid groups (broad SMARTS) is 1. The Morgan fingerprint density at radius 1 is 1.27 bits per heavy atom.